The van der Waals surface area contributed by atoms with Crippen LogP contribution in [0.5, 0.6) is 0 Å². The molecule has 0 saturated heterocycles. The van der Waals surface area contributed by atoms with E-state index in [1.54, 1.807) is 0 Å². The molecule has 0 atom stereocenters. The van der Waals surface area contributed by atoms with E-state index in [9.17, 15) is 0 Å². The highest BCUT2D eigenvalue weighted by atomic mass is 79.9. The van der Waals surface area contributed by atoms with Crippen molar-refractivity contribution in [2.75, 3.05) is 39.1 Å². The van der Waals surface area contributed by atoms with Gasteiger partial charge in [-0.2, -0.15) is 0 Å². The average Bonchev–Trinajstić information content (AvgIpc) is 2.36. The van der Waals surface area contributed by atoms with Crippen LogP contribution >= 0.6 is 15.9 Å². The zero-order valence-corrected chi connectivity index (χ0v) is 15.0. The fourth-order valence-corrected chi connectivity index (χ4v) is 2.49. The van der Waals surface area contributed by atoms with E-state index in [0.717, 1.165) is 19.6 Å². The normalized spacial score (nSPS) is 11.4. The number of halogens is 1. The van der Waals surface area contributed by atoms with Gasteiger partial charge in [0.25, 0.3) is 0 Å². The maximum absolute atomic E-state index is 3.68. The van der Waals surface area contributed by atoms with Crippen LogP contribution in [0.3, 0.4) is 0 Å². The van der Waals surface area contributed by atoms with Gasteiger partial charge in [0, 0.05) is 36.3 Å². The van der Waals surface area contributed by atoms with E-state index in [2.05, 4.69) is 84.2 Å². The standard InChI is InChI=1S/C16H28BrN3/c1-13(2)18-12-14-7-8-15(11-16(14)17)20(5)10-6-9-19(3)4/h7-8,11,13,18H,6,9-10,12H2,1-5H3. The monoisotopic (exact) mass is 341 g/mol. The lowest BCUT2D eigenvalue weighted by Crippen LogP contribution is -2.24. The van der Waals surface area contributed by atoms with Crippen molar-refractivity contribution in [3.63, 3.8) is 0 Å². The number of anilines is 1. The second-order valence-corrected chi connectivity index (χ2v) is 6.74. The van der Waals surface area contributed by atoms with Crippen molar-refractivity contribution in [1.29, 1.82) is 0 Å². The van der Waals surface area contributed by atoms with E-state index < -0.39 is 0 Å². The molecular formula is C16H28BrN3. The topological polar surface area (TPSA) is 18.5 Å². The van der Waals surface area contributed by atoms with Gasteiger partial charge in [0.05, 0.1) is 0 Å². The van der Waals surface area contributed by atoms with Crippen molar-refractivity contribution in [2.45, 2.75) is 32.9 Å². The largest absolute Gasteiger partial charge is 0.375 e. The molecule has 0 spiro atoms. The van der Waals surface area contributed by atoms with E-state index in [1.165, 1.54) is 22.1 Å². The Morgan fingerprint density at radius 1 is 1.15 bits per heavy atom. The number of nitrogens with zero attached hydrogens (tertiary/aromatic N) is 2. The highest BCUT2D eigenvalue weighted by Gasteiger charge is 2.06. The Labute approximate surface area is 132 Å². The molecule has 3 nitrogen and oxygen atoms in total. The summed E-state index contributed by atoms with van der Waals surface area (Å²) in [6, 6.07) is 7.14. The van der Waals surface area contributed by atoms with Gasteiger partial charge < -0.3 is 15.1 Å². The fraction of sp³-hybridized carbons (Fsp3) is 0.625. The lowest BCUT2D eigenvalue weighted by Gasteiger charge is -2.21. The van der Waals surface area contributed by atoms with Crippen LogP contribution in [0.1, 0.15) is 25.8 Å². The van der Waals surface area contributed by atoms with Gasteiger partial charge in [0.1, 0.15) is 0 Å². The molecule has 0 heterocycles. The molecule has 0 radical (unpaired) electrons. The van der Waals surface area contributed by atoms with E-state index in [-0.39, 0.29) is 0 Å². The minimum atomic E-state index is 0.510. The number of benzene rings is 1. The number of hydrogen-bond acceptors (Lipinski definition) is 3. The maximum Gasteiger partial charge on any atom is 0.0375 e. The van der Waals surface area contributed by atoms with Gasteiger partial charge in [0.15, 0.2) is 0 Å². The van der Waals surface area contributed by atoms with Crippen LogP contribution < -0.4 is 10.2 Å². The minimum absolute atomic E-state index is 0.510. The molecule has 1 aromatic rings. The summed E-state index contributed by atoms with van der Waals surface area (Å²) < 4.78 is 1.18. The van der Waals surface area contributed by atoms with Crippen LogP contribution in [-0.4, -0.2) is 45.2 Å². The third-order valence-electron chi connectivity index (χ3n) is 3.28. The van der Waals surface area contributed by atoms with Crippen LogP contribution in [0, 0.1) is 0 Å². The molecule has 114 valence electrons. The van der Waals surface area contributed by atoms with Crippen molar-refractivity contribution in [2.24, 2.45) is 0 Å². The average molecular weight is 342 g/mol. The Kier molecular flexibility index (Phi) is 7.56. The van der Waals surface area contributed by atoms with E-state index in [0.29, 0.717) is 6.04 Å². The molecular weight excluding hydrogens is 314 g/mol. The van der Waals surface area contributed by atoms with Gasteiger partial charge in [-0.05, 0) is 44.8 Å². The van der Waals surface area contributed by atoms with Crippen LogP contribution in [0.15, 0.2) is 22.7 Å². The molecule has 0 fully saturated rings. The van der Waals surface area contributed by atoms with E-state index in [1.807, 2.05) is 0 Å². The molecule has 1 N–H and O–H groups in total. The highest BCUT2D eigenvalue weighted by Crippen LogP contribution is 2.23. The van der Waals surface area contributed by atoms with Crippen molar-refractivity contribution >= 4 is 21.6 Å². The Morgan fingerprint density at radius 3 is 2.40 bits per heavy atom. The summed E-state index contributed by atoms with van der Waals surface area (Å²) in [7, 11) is 6.39. The van der Waals surface area contributed by atoms with Crippen LogP contribution in [-0.2, 0) is 6.54 Å². The lowest BCUT2D eigenvalue weighted by atomic mass is 10.2. The quantitative estimate of drug-likeness (QED) is 0.782. The number of rotatable bonds is 8. The predicted molar refractivity (Wildman–Crippen MR) is 92.6 cm³/mol. The van der Waals surface area contributed by atoms with Crippen LogP contribution in [0.25, 0.3) is 0 Å². The molecule has 20 heavy (non-hydrogen) atoms. The first-order valence-corrected chi connectivity index (χ1v) is 8.07. The summed E-state index contributed by atoms with van der Waals surface area (Å²) in [6.07, 6.45) is 1.18. The molecule has 0 bridgehead atoms. The predicted octanol–water partition coefficient (Wildman–Crippen LogP) is 3.34. The van der Waals surface area contributed by atoms with Gasteiger partial charge in [-0.15, -0.1) is 0 Å². The fourth-order valence-electron chi connectivity index (χ4n) is 1.98. The molecule has 0 amide bonds. The zero-order chi connectivity index (χ0) is 15.1. The summed E-state index contributed by atoms with van der Waals surface area (Å²) in [6.45, 7) is 7.45. The second-order valence-electron chi connectivity index (χ2n) is 5.89. The van der Waals surface area contributed by atoms with Crippen molar-refractivity contribution in [3.8, 4) is 0 Å². The second kappa shape index (κ2) is 8.65. The van der Waals surface area contributed by atoms with Gasteiger partial charge in [-0.25, -0.2) is 0 Å². The lowest BCUT2D eigenvalue weighted by molar-refractivity contribution is 0.401. The van der Waals surface area contributed by atoms with E-state index in [4.69, 9.17) is 0 Å². The van der Waals surface area contributed by atoms with Gasteiger partial charge in [0.2, 0.25) is 0 Å². The van der Waals surface area contributed by atoms with Crippen molar-refractivity contribution in [1.82, 2.24) is 10.2 Å². The molecule has 0 aliphatic carbocycles. The molecule has 0 aromatic heterocycles. The smallest absolute Gasteiger partial charge is 0.0375 e. The number of hydrogen-bond donors (Lipinski definition) is 1. The molecule has 1 aromatic carbocycles. The zero-order valence-electron chi connectivity index (χ0n) is 13.4. The SMILES string of the molecule is CC(C)NCc1ccc(N(C)CCCN(C)C)cc1Br. The Balaban J connectivity index is 2.57. The first-order chi connectivity index (χ1) is 9.40. The van der Waals surface area contributed by atoms with Gasteiger partial charge >= 0.3 is 0 Å². The molecule has 0 aliphatic heterocycles. The molecule has 4 heteroatoms. The summed E-state index contributed by atoms with van der Waals surface area (Å²) in [5, 5.41) is 3.45. The Hall–Kier alpha value is -0.580. The third-order valence-corrected chi connectivity index (χ3v) is 4.02. The van der Waals surface area contributed by atoms with Crippen molar-refractivity contribution in [3.05, 3.63) is 28.2 Å². The summed E-state index contributed by atoms with van der Waals surface area (Å²) in [5.74, 6) is 0. The number of nitrogens with one attached hydrogen (secondary N) is 1. The Morgan fingerprint density at radius 2 is 1.85 bits per heavy atom. The van der Waals surface area contributed by atoms with Gasteiger partial charge in [-0.3, -0.25) is 0 Å². The van der Waals surface area contributed by atoms with Gasteiger partial charge in [-0.1, -0.05) is 35.8 Å². The summed E-state index contributed by atoms with van der Waals surface area (Å²) in [4.78, 5) is 4.54. The minimum Gasteiger partial charge on any atom is -0.375 e. The first kappa shape index (κ1) is 17.5. The van der Waals surface area contributed by atoms with E-state index >= 15 is 0 Å². The maximum atomic E-state index is 3.68. The molecule has 1 rings (SSSR count). The van der Waals surface area contributed by atoms with Crippen LogP contribution in [0.2, 0.25) is 0 Å². The molecule has 0 unspecified atom stereocenters. The third kappa shape index (κ3) is 6.25. The Bertz CT molecular complexity index is 405. The van der Waals surface area contributed by atoms with Crippen LogP contribution in [0.4, 0.5) is 5.69 Å². The highest BCUT2D eigenvalue weighted by molar-refractivity contribution is 9.10. The van der Waals surface area contributed by atoms with Crippen molar-refractivity contribution < 1.29 is 0 Å². The summed E-state index contributed by atoms with van der Waals surface area (Å²) in [5.41, 5.74) is 2.58. The molecule has 0 saturated carbocycles. The summed E-state index contributed by atoms with van der Waals surface area (Å²) >= 11 is 3.68. The first-order valence-electron chi connectivity index (χ1n) is 7.28. The molecule has 0 aliphatic rings.